The van der Waals surface area contributed by atoms with Crippen LogP contribution in [0.25, 0.3) is 6.08 Å². The summed E-state index contributed by atoms with van der Waals surface area (Å²) in [7, 11) is 0. The Morgan fingerprint density at radius 3 is 2.80 bits per heavy atom. The van der Waals surface area contributed by atoms with Gasteiger partial charge in [-0.3, -0.25) is 0 Å². The van der Waals surface area contributed by atoms with Crippen molar-refractivity contribution < 1.29 is 4.63 Å². The quantitative estimate of drug-likeness (QED) is 0.579. The first-order chi connectivity index (χ1) is 4.84. The molecule has 0 aliphatic rings. The first kappa shape index (κ1) is 6.74. The lowest BCUT2D eigenvalue weighted by molar-refractivity contribution is 0.304. The van der Waals surface area contributed by atoms with Crippen molar-refractivity contribution in [2.75, 3.05) is 0 Å². The van der Waals surface area contributed by atoms with E-state index in [1.807, 2.05) is 6.92 Å². The summed E-state index contributed by atoms with van der Waals surface area (Å²) in [6.07, 6.45) is 5.25. The lowest BCUT2D eigenvalue weighted by Gasteiger charge is -1.78. The van der Waals surface area contributed by atoms with Gasteiger partial charge < -0.3 is 0 Å². The Kier molecular flexibility index (Phi) is 1.99. The molecule has 0 aliphatic carbocycles. The second-order valence-corrected chi connectivity index (χ2v) is 1.83. The Hall–Kier alpha value is -1.38. The zero-order valence-electron chi connectivity index (χ0n) is 5.74. The lowest BCUT2D eigenvalue weighted by Crippen LogP contribution is -1.74. The summed E-state index contributed by atoms with van der Waals surface area (Å²) in [5, 5.41) is 7.23. The average molecular weight is 136 g/mol. The van der Waals surface area contributed by atoms with Gasteiger partial charge >= 0.3 is 0 Å². The highest BCUT2D eigenvalue weighted by molar-refractivity contribution is 5.47. The summed E-state index contributed by atoms with van der Waals surface area (Å²) in [6.45, 7) is 5.36. The molecule has 0 amide bonds. The molecule has 0 aromatic carbocycles. The lowest BCUT2D eigenvalue weighted by atomic mass is 10.3. The third kappa shape index (κ3) is 1.31. The average Bonchev–Trinajstić information content (AvgIpc) is 2.31. The van der Waals surface area contributed by atoms with Gasteiger partial charge in [0.1, 0.15) is 11.4 Å². The minimum atomic E-state index is 0.750. The molecular formula is C7H8N2O. The molecule has 10 heavy (non-hydrogen) atoms. The van der Waals surface area contributed by atoms with Crippen molar-refractivity contribution in [3.8, 4) is 0 Å². The summed E-state index contributed by atoms with van der Waals surface area (Å²) >= 11 is 0. The van der Waals surface area contributed by atoms with E-state index in [1.165, 1.54) is 0 Å². The molecular weight excluding hydrogens is 128 g/mol. The molecule has 3 nitrogen and oxygen atoms in total. The second-order valence-electron chi connectivity index (χ2n) is 1.83. The van der Waals surface area contributed by atoms with Crippen LogP contribution >= 0.6 is 0 Å². The van der Waals surface area contributed by atoms with Crippen molar-refractivity contribution in [3.63, 3.8) is 0 Å². The standard InChI is InChI=1S/C7H8N2O/c1-3-4-5-7-6(2)8-10-9-7/h3-5H,1H2,2H3/b5-4-. The minimum Gasteiger partial charge on any atom is -0.244 e. The number of hydrogen-bond donors (Lipinski definition) is 0. The summed E-state index contributed by atoms with van der Waals surface area (Å²) in [6, 6.07) is 0. The van der Waals surface area contributed by atoms with E-state index in [1.54, 1.807) is 18.2 Å². The molecule has 52 valence electrons. The molecule has 3 heteroatoms. The van der Waals surface area contributed by atoms with E-state index in [2.05, 4.69) is 21.5 Å². The number of aromatic nitrogens is 2. The number of rotatable bonds is 2. The predicted molar refractivity (Wildman–Crippen MR) is 38.3 cm³/mol. The van der Waals surface area contributed by atoms with Crippen LogP contribution in [0.1, 0.15) is 11.4 Å². The van der Waals surface area contributed by atoms with E-state index >= 15 is 0 Å². The first-order valence-electron chi connectivity index (χ1n) is 2.93. The van der Waals surface area contributed by atoms with Crippen molar-refractivity contribution >= 4 is 6.08 Å². The smallest absolute Gasteiger partial charge is 0.130 e. The molecule has 0 N–H and O–H groups in total. The fourth-order valence-corrected chi connectivity index (χ4v) is 0.549. The van der Waals surface area contributed by atoms with Gasteiger partial charge in [-0.15, -0.1) is 0 Å². The zero-order chi connectivity index (χ0) is 7.40. The molecule has 0 atom stereocenters. The van der Waals surface area contributed by atoms with Gasteiger partial charge in [-0.1, -0.05) is 29.0 Å². The number of allylic oxidation sites excluding steroid dienone is 2. The van der Waals surface area contributed by atoms with Crippen molar-refractivity contribution in [1.29, 1.82) is 0 Å². The summed E-state index contributed by atoms with van der Waals surface area (Å²) < 4.78 is 4.46. The van der Waals surface area contributed by atoms with Crippen LogP contribution in [0.15, 0.2) is 23.4 Å². The Labute approximate surface area is 59.0 Å². The molecule has 0 fully saturated rings. The van der Waals surface area contributed by atoms with E-state index in [0.29, 0.717) is 0 Å². The van der Waals surface area contributed by atoms with Gasteiger partial charge in [0.05, 0.1) is 0 Å². The van der Waals surface area contributed by atoms with Crippen LogP contribution in [-0.4, -0.2) is 10.3 Å². The number of aryl methyl sites for hydroxylation is 1. The summed E-state index contributed by atoms with van der Waals surface area (Å²) in [5.41, 5.74) is 1.54. The van der Waals surface area contributed by atoms with Crippen molar-refractivity contribution in [2.24, 2.45) is 0 Å². The van der Waals surface area contributed by atoms with Crippen LogP contribution in [0.3, 0.4) is 0 Å². The molecule has 0 aliphatic heterocycles. The topological polar surface area (TPSA) is 38.9 Å². The van der Waals surface area contributed by atoms with Gasteiger partial charge in [-0.05, 0) is 13.0 Å². The Morgan fingerprint density at radius 1 is 1.50 bits per heavy atom. The van der Waals surface area contributed by atoms with Crippen LogP contribution in [0.2, 0.25) is 0 Å². The molecule has 1 rings (SSSR count). The maximum atomic E-state index is 4.46. The van der Waals surface area contributed by atoms with Crippen LogP contribution < -0.4 is 0 Å². The van der Waals surface area contributed by atoms with Gasteiger partial charge in [-0.25, -0.2) is 4.63 Å². The molecule has 0 saturated heterocycles. The number of hydrogen-bond acceptors (Lipinski definition) is 3. The van der Waals surface area contributed by atoms with Crippen molar-refractivity contribution in [2.45, 2.75) is 6.92 Å². The van der Waals surface area contributed by atoms with E-state index < -0.39 is 0 Å². The highest BCUT2D eigenvalue weighted by atomic mass is 16.6. The largest absolute Gasteiger partial charge is 0.244 e. The zero-order valence-corrected chi connectivity index (χ0v) is 5.74. The Bertz CT molecular complexity index is 250. The fraction of sp³-hybridized carbons (Fsp3) is 0.143. The van der Waals surface area contributed by atoms with Gasteiger partial charge in [0.2, 0.25) is 0 Å². The molecule has 0 unspecified atom stereocenters. The second kappa shape index (κ2) is 2.96. The fourth-order valence-electron chi connectivity index (χ4n) is 0.549. The maximum Gasteiger partial charge on any atom is 0.130 e. The van der Waals surface area contributed by atoms with E-state index in [-0.39, 0.29) is 0 Å². The highest BCUT2D eigenvalue weighted by Crippen LogP contribution is 2.01. The molecule has 1 aromatic heterocycles. The van der Waals surface area contributed by atoms with Gasteiger partial charge in [0.15, 0.2) is 0 Å². The van der Waals surface area contributed by atoms with Crippen molar-refractivity contribution in [1.82, 2.24) is 10.3 Å². The molecule has 0 spiro atoms. The van der Waals surface area contributed by atoms with Crippen LogP contribution in [-0.2, 0) is 0 Å². The molecule has 0 saturated carbocycles. The molecule has 0 radical (unpaired) electrons. The van der Waals surface area contributed by atoms with Crippen LogP contribution in [0.5, 0.6) is 0 Å². The summed E-state index contributed by atoms with van der Waals surface area (Å²) in [4.78, 5) is 0. The maximum absolute atomic E-state index is 4.46. The molecule has 1 heterocycles. The minimum absolute atomic E-state index is 0.750. The summed E-state index contributed by atoms with van der Waals surface area (Å²) in [5.74, 6) is 0. The first-order valence-corrected chi connectivity index (χ1v) is 2.93. The van der Waals surface area contributed by atoms with Gasteiger partial charge in [0, 0.05) is 0 Å². The Morgan fingerprint density at radius 2 is 2.30 bits per heavy atom. The molecule has 1 aromatic rings. The van der Waals surface area contributed by atoms with Crippen molar-refractivity contribution in [3.05, 3.63) is 30.1 Å². The SMILES string of the molecule is C=C/C=C\c1nonc1C. The third-order valence-corrected chi connectivity index (χ3v) is 1.08. The third-order valence-electron chi connectivity index (χ3n) is 1.08. The van der Waals surface area contributed by atoms with Crippen LogP contribution in [0, 0.1) is 6.92 Å². The normalized spacial score (nSPS) is 10.5. The predicted octanol–water partition coefficient (Wildman–Crippen LogP) is 1.58. The highest BCUT2D eigenvalue weighted by Gasteiger charge is 1.97. The van der Waals surface area contributed by atoms with Gasteiger partial charge in [0.25, 0.3) is 0 Å². The van der Waals surface area contributed by atoms with Crippen LogP contribution in [0.4, 0.5) is 0 Å². The number of nitrogens with zero attached hydrogens (tertiary/aromatic N) is 2. The monoisotopic (exact) mass is 136 g/mol. The van der Waals surface area contributed by atoms with Gasteiger partial charge in [-0.2, -0.15) is 0 Å². The molecule has 0 bridgehead atoms. The van der Waals surface area contributed by atoms with E-state index in [4.69, 9.17) is 0 Å². The Balaban J connectivity index is 2.83. The van der Waals surface area contributed by atoms with E-state index in [9.17, 15) is 0 Å². The van der Waals surface area contributed by atoms with E-state index in [0.717, 1.165) is 11.4 Å².